The summed E-state index contributed by atoms with van der Waals surface area (Å²) in [5.74, 6) is -4.09. The van der Waals surface area contributed by atoms with Gasteiger partial charge in [0.25, 0.3) is 0 Å². The van der Waals surface area contributed by atoms with Crippen LogP contribution in [0.1, 0.15) is 11.5 Å². The Morgan fingerprint density at radius 1 is 1.24 bits per heavy atom. The van der Waals surface area contributed by atoms with Crippen LogP contribution >= 0.6 is 0 Å². The Kier molecular flexibility index (Phi) is 2.43. The quantitative estimate of drug-likeness (QED) is 0.819. The third-order valence-corrected chi connectivity index (χ3v) is 3.19. The molecule has 1 amide bonds. The van der Waals surface area contributed by atoms with Crippen LogP contribution in [0.25, 0.3) is 0 Å². The lowest BCUT2D eigenvalue weighted by Gasteiger charge is -2.08. The third kappa shape index (κ3) is 1.68. The van der Waals surface area contributed by atoms with Crippen molar-refractivity contribution in [2.45, 2.75) is 17.6 Å². The highest BCUT2D eigenvalue weighted by atomic mass is 19.4. The smallest absolute Gasteiger partial charge is 0.368 e. The Bertz CT molecular complexity index is 446. The standard InChI is InChI=1S/C11H11F3N2O/c12-11(13,14)8-7(10(8,16)9(15)17)6-4-2-1-3-5-6/h1-5,7-8H,16H2,(H2,15,17)/t7-,8-,10-/m1/s1. The first-order valence-electron chi connectivity index (χ1n) is 5.00. The van der Waals surface area contributed by atoms with Gasteiger partial charge in [0.05, 0.1) is 5.92 Å². The fourth-order valence-electron chi connectivity index (χ4n) is 2.30. The fourth-order valence-corrected chi connectivity index (χ4v) is 2.30. The summed E-state index contributed by atoms with van der Waals surface area (Å²) in [6.07, 6.45) is -4.52. The highest BCUT2D eigenvalue weighted by molar-refractivity contribution is 5.91. The Labute approximate surface area is 95.6 Å². The molecule has 1 aliphatic rings. The zero-order valence-electron chi connectivity index (χ0n) is 8.74. The van der Waals surface area contributed by atoms with Crippen molar-refractivity contribution < 1.29 is 18.0 Å². The number of nitrogens with two attached hydrogens (primary N) is 2. The van der Waals surface area contributed by atoms with E-state index in [9.17, 15) is 18.0 Å². The second-order valence-corrected chi connectivity index (χ2v) is 4.20. The van der Waals surface area contributed by atoms with E-state index in [1.165, 1.54) is 12.1 Å². The fraction of sp³-hybridized carbons (Fsp3) is 0.364. The predicted octanol–water partition coefficient (Wildman–Crippen LogP) is 1.15. The van der Waals surface area contributed by atoms with E-state index in [0.717, 1.165) is 0 Å². The molecule has 92 valence electrons. The van der Waals surface area contributed by atoms with E-state index >= 15 is 0 Å². The first kappa shape index (κ1) is 11.9. The Morgan fingerprint density at radius 2 is 1.76 bits per heavy atom. The molecular formula is C11H11F3N2O. The average molecular weight is 244 g/mol. The molecule has 0 unspecified atom stereocenters. The van der Waals surface area contributed by atoms with Crippen molar-refractivity contribution in [2.24, 2.45) is 17.4 Å². The number of hydrogen-bond donors (Lipinski definition) is 2. The van der Waals surface area contributed by atoms with Gasteiger partial charge in [-0.2, -0.15) is 13.2 Å². The predicted molar refractivity (Wildman–Crippen MR) is 54.8 cm³/mol. The van der Waals surface area contributed by atoms with Gasteiger partial charge in [-0.3, -0.25) is 4.79 Å². The topological polar surface area (TPSA) is 69.1 Å². The van der Waals surface area contributed by atoms with E-state index in [0.29, 0.717) is 5.56 Å². The van der Waals surface area contributed by atoms with Gasteiger partial charge in [0.15, 0.2) is 0 Å². The highest BCUT2D eigenvalue weighted by Crippen LogP contribution is 2.62. The molecule has 0 bridgehead atoms. The monoisotopic (exact) mass is 244 g/mol. The van der Waals surface area contributed by atoms with Crippen molar-refractivity contribution in [3.05, 3.63) is 35.9 Å². The van der Waals surface area contributed by atoms with E-state index in [1.54, 1.807) is 18.2 Å². The van der Waals surface area contributed by atoms with Crippen molar-refractivity contribution in [1.29, 1.82) is 0 Å². The first-order valence-corrected chi connectivity index (χ1v) is 5.00. The molecule has 0 radical (unpaired) electrons. The summed E-state index contributed by atoms with van der Waals surface area (Å²) in [4.78, 5) is 11.1. The summed E-state index contributed by atoms with van der Waals surface area (Å²) in [6, 6.07) is 7.91. The molecule has 0 spiro atoms. The van der Waals surface area contributed by atoms with E-state index in [2.05, 4.69) is 0 Å². The van der Waals surface area contributed by atoms with Gasteiger partial charge in [-0.05, 0) is 5.56 Å². The number of halogens is 3. The minimum Gasteiger partial charge on any atom is -0.368 e. The number of carbonyl (C=O) groups excluding carboxylic acids is 1. The van der Waals surface area contributed by atoms with Crippen LogP contribution < -0.4 is 11.5 Å². The van der Waals surface area contributed by atoms with E-state index in [-0.39, 0.29) is 0 Å². The van der Waals surface area contributed by atoms with Gasteiger partial charge in [0, 0.05) is 5.92 Å². The zero-order valence-corrected chi connectivity index (χ0v) is 8.74. The maximum absolute atomic E-state index is 12.7. The molecule has 1 aromatic carbocycles. The van der Waals surface area contributed by atoms with Crippen LogP contribution in [-0.2, 0) is 4.79 Å². The molecule has 0 saturated heterocycles. The van der Waals surface area contributed by atoms with Gasteiger partial charge in [0.2, 0.25) is 5.91 Å². The van der Waals surface area contributed by atoms with Crippen LogP contribution in [0.15, 0.2) is 30.3 Å². The molecule has 3 atom stereocenters. The lowest BCUT2D eigenvalue weighted by Crippen LogP contribution is -2.44. The van der Waals surface area contributed by atoms with Crippen molar-refractivity contribution >= 4 is 5.91 Å². The van der Waals surface area contributed by atoms with E-state index in [4.69, 9.17) is 11.5 Å². The zero-order chi connectivity index (χ0) is 12.8. The van der Waals surface area contributed by atoms with Crippen LogP contribution in [-0.4, -0.2) is 17.6 Å². The molecule has 1 fully saturated rings. The molecule has 0 aliphatic heterocycles. The number of benzene rings is 1. The average Bonchev–Trinajstić information content (AvgIpc) is 2.88. The summed E-state index contributed by atoms with van der Waals surface area (Å²) < 4.78 is 38.2. The molecule has 17 heavy (non-hydrogen) atoms. The lowest BCUT2D eigenvalue weighted by molar-refractivity contribution is -0.156. The number of amides is 1. The number of primary amides is 1. The van der Waals surface area contributed by atoms with Gasteiger partial charge in [-0.1, -0.05) is 30.3 Å². The van der Waals surface area contributed by atoms with Gasteiger partial charge >= 0.3 is 6.18 Å². The maximum atomic E-state index is 12.7. The third-order valence-electron chi connectivity index (χ3n) is 3.19. The highest BCUT2D eigenvalue weighted by Gasteiger charge is 2.76. The minimum atomic E-state index is -4.52. The van der Waals surface area contributed by atoms with Crippen molar-refractivity contribution in [1.82, 2.24) is 0 Å². The second-order valence-electron chi connectivity index (χ2n) is 4.20. The number of hydrogen-bond acceptors (Lipinski definition) is 2. The molecule has 1 aromatic rings. The number of rotatable bonds is 2. The first-order chi connectivity index (χ1) is 7.79. The number of alkyl halides is 3. The van der Waals surface area contributed by atoms with Crippen LogP contribution in [0.3, 0.4) is 0 Å². The summed E-state index contributed by atoms with van der Waals surface area (Å²) in [5.41, 5.74) is 8.86. The largest absolute Gasteiger partial charge is 0.394 e. The molecular weight excluding hydrogens is 233 g/mol. The van der Waals surface area contributed by atoms with E-state index in [1.807, 2.05) is 0 Å². The van der Waals surface area contributed by atoms with Crippen molar-refractivity contribution in [3.63, 3.8) is 0 Å². The molecule has 1 aliphatic carbocycles. The van der Waals surface area contributed by atoms with Gasteiger partial charge in [0.1, 0.15) is 5.54 Å². The van der Waals surface area contributed by atoms with Crippen molar-refractivity contribution in [2.75, 3.05) is 0 Å². The summed E-state index contributed by atoms with van der Waals surface area (Å²) in [6.45, 7) is 0. The molecule has 0 aromatic heterocycles. The molecule has 3 nitrogen and oxygen atoms in total. The van der Waals surface area contributed by atoms with Gasteiger partial charge in [-0.15, -0.1) is 0 Å². The SMILES string of the molecule is NC(=O)[C@@]1(N)[C@H](c2ccccc2)[C@H]1C(F)(F)F. The van der Waals surface area contributed by atoms with Crippen molar-refractivity contribution in [3.8, 4) is 0 Å². The summed E-state index contributed by atoms with van der Waals surface area (Å²) in [7, 11) is 0. The summed E-state index contributed by atoms with van der Waals surface area (Å²) >= 11 is 0. The van der Waals surface area contributed by atoms with Crippen LogP contribution in [0.4, 0.5) is 13.2 Å². The number of carbonyl (C=O) groups is 1. The van der Waals surface area contributed by atoms with E-state index < -0.39 is 29.5 Å². The molecule has 4 N–H and O–H groups in total. The lowest BCUT2D eigenvalue weighted by atomic mass is 10.1. The Balaban J connectivity index is 2.39. The van der Waals surface area contributed by atoms with Crippen LogP contribution in [0, 0.1) is 5.92 Å². The molecule has 2 rings (SSSR count). The molecule has 1 saturated carbocycles. The Morgan fingerprint density at radius 3 is 2.12 bits per heavy atom. The normalized spacial score (nSPS) is 32.2. The summed E-state index contributed by atoms with van der Waals surface area (Å²) in [5, 5.41) is 0. The molecule has 0 heterocycles. The van der Waals surface area contributed by atoms with Gasteiger partial charge in [-0.25, -0.2) is 0 Å². The Hall–Kier alpha value is -1.56. The van der Waals surface area contributed by atoms with Gasteiger partial charge < -0.3 is 11.5 Å². The maximum Gasteiger partial charge on any atom is 0.394 e. The second kappa shape index (κ2) is 3.46. The minimum absolute atomic E-state index is 0.385. The van der Waals surface area contributed by atoms with Crippen LogP contribution in [0.2, 0.25) is 0 Å². The molecule has 6 heteroatoms. The van der Waals surface area contributed by atoms with Crippen LogP contribution in [0.5, 0.6) is 0 Å².